The fourth-order valence-corrected chi connectivity index (χ4v) is 2.21. The average Bonchev–Trinajstić information content (AvgIpc) is 2.69. The van der Waals surface area contributed by atoms with Crippen LogP contribution in [0.15, 0.2) is 0 Å². The van der Waals surface area contributed by atoms with E-state index in [1.54, 1.807) is 0 Å². The molecule has 2 heterocycles. The summed E-state index contributed by atoms with van der Waals surface area (Å²) < 4.78 is 2.14. The van der Waals surface area contributed by atoms with Gasteiger partial charge in [-0.3, -0.25) is 0 Å². The SMILES string of the molecule is CC(C)CCC(C)n1nnc2c1CCNC2. The smallest absolute Gasteiger partial charge is 0.0997 e. The van der Waals surface area contributed by atoms with Gasteiger partial charge in [-0.1, -0.05) is 19.1 Å². The molecular weight excluding hydrogens is 200 g/mol. The highest BCUT2D eigenvalue weighted by atomic mass is 15.4. The molecule has 0 radical (unpaired) electrons. The summed E-state index contributed by atoms with van der Waals surface area (Å²) in [6.07, 6.45) is 3.52. The Morgan fingerprint density at radius 2 is 2.12 bits per heavy atom. The van der Waals surface area contributed by atoms with Crippen LogP contribution in [-0.4, -0.2) is 21.5 Å². The number of fused-ring (bicyclic) bond motifs is 1. The van der Waals surface area contributed by atoms with Crippen LogP contribution in [0, 0.1) is 5.92 Å². The van der Waals surface area contributed by atoms with Crippen LogP contribution in [0.2, 0.25) is 0 Å². The lowest BCUT2D eigenvalue weighted by Gasteiger charge is -2.18. The van der Waals surface area contributed by atoms with Crippen LogP contribution in [0.25, 0.3) is 0 Å². The van der Waals surface area contributed by atoms with E-state index in [4.69, 9.17) is 0 Å². The van der Waals surface area contributed by atoms with Crippen molar-refractivity contribution in [3.05, 3.63) is 11.4 Å². The Morgan fingerprint density at radius 3 is 2.88 bits per heavy atom. The minimum Gasteiger partial charge on any atom is -0.311 e. The third-order valence-electron chi connectivity index (χ3n) is 3.28. The van der Waals surface area contributed by atoms with E-state index in [9.17, 15) is 0 Å². The highest BCUT2D eigenvalue weighted by Crippen LogP contribution is 2.20. The van der Waals surface area contributed by atoms with E-state index in [1.807, 2.05) is 0 Å². The van der Waals surface area contributed by atoms with Crippen LogP contribution in [0.4, 0.5) is 0 Å². The molecule has 1 unspecified atom stereocenters. The molecule has 16 heavy (non-hydrogen) atoms. The molecule has 0 amide bonds. The van der Waals surface area contributed by atoms with Crippen LogP contribution in [0.1, 0.15) is 51.0 Å². The van der Waals surface area contributed by atoms with Crippen molar-refractivity contribution in [3.8, 4) is 0 Å². The van der Waals surface area contributed by atoms with Gasteiger partial charge < -0.3 is 5.32 Å². The van der Waals surface area contributed by atoms with Gasteiger partial charge in [-0.15, -0.1) is 5.10 Å². The molecule has 0 saturated heterocycles. The summed E-state index contributed by atoms with van der Waals surface area (Å²) in [7, 11) is 0. The monoisotopic (exact) mass is 222 g/mol. The van der Waals surface area contributed by atoms with Gasteiger partial charge in [0, 0.05) is 19.5 Å². The van der Waals surface area contributed by atoms with Gasteiger partial charge in [-0.25, -0.2) is 4.68 Å². The molecule has 0 aromatic carbocycles. The zero-order valence-corrected chi connectivity index (χ0v) is 10.5. The number of nitrogens with one attached hydrogen (secondary N) is 1. The van der Waals surface area contributed by atoms with Gasteiger partial charge in [-0.05, 0) is 25.7 Å². The van der Waals surface area contributed by atoms with E-state index in [-0.39, 0.29) is 0 Å². The Balaban J connectivity index is 2.05. The first-order valence-electron chi connectivity index (χ1n) is 6.32. The summed E-state index contributed by atoms with van der Waals surface area (Å²) in [5.74, 6) is 0.767. The van der Waals surface area contributed by atoms with Crippen LogP contribution in [0.3, 0.4) is 0 Å². The quantitative estimate of drug-likeness (QED) is 0.846. The fraction of sp³-hybridized carbons (Fsp3) is 0.833. The molecule has 4 nitrogen and oxygen atoms in total. The van der Waals surface area contributed by atoms with Gasteiger partial charge in [0.2, 0.25) is 0 Å². The molecule has 1 atom stereocenters. The number of aromatic nitrogens is 3. The number of hydrogen-bond donors (Lipinski definition) is 1. The first-order valence-corrected chi connectivity index (χ1v) is 6.32. The third-order valence-corrected chi connectivity index (χ3v) is 3.28. The second kappa shape index (κ2) is 4.95. The van der Waals surface area contributed by atoms with E-state index in [1.165, 1.54) is 18.5 Å². The van der Waals surface area contributed by atoms with Gasteiger partial charge in [0.05, 0.1) is 17.4 Å². The minimum atomic E-state index is 0.483. The molecule has 4 heteroatoms. The van der Waals surface area contributed by atoms with Gasteiger partial charge in [-0.2, -0.15) is 0 Å². The molecule has 2 rings (SSSR count). The van der Waals surface area contributed by atoms with Crippen LogP contribution < -0.4 is 5.32 Å². The van der Waals surface area contributed by atoms with E-state index in [0.717, 1.165) is 31.1 Å². The predicted octanol–water partition coefficient (Wildman–Crippen LogP) is 1.92. The fourth-order valence-electron chi connectivity index (χ4n) is 2.21. The number of hydrogen-bond acceptors (Lipinski definition) is 3. The number of rotatable bonds is 4. The number of nitrogens with zero attached hydrogens (tertiary/aromatic N) is 3. The third kappa shape index (κ3) is 2.43. The van der Waals surface area contributed by atoms with Crippen molar-refractivity contribution in [1.29, 1.82) is 0 Å². The zero-order valence-electron chi connectivity index (χ0n) is 10.5. The molecule has 1 aliphatic rings. The molecular formula is C12H22N4. The van der Waals surface area contributed by atoms with Crippen molar-refractivity contribution >= 4 is 0 Å². The topological polar surface area (TPSA) is 42.7 Å². The second-order valence-corrected chi connectivity index (χ2v) is 5.17. The maximum Gasteiger partial charge on any atom is 0.0997 e. The first kappa shape index (κ1) is 11.6. The van der Waals surface area contributed by atoms with Crippen LogP contribution >= 0.6 is 0 Å². The normalized spacial score (nSPS) is 17.5. The zero-order chi connectivity index (χ0) is 11.5. The van der Waals surface area contributed by atoms with Gasteiger partial charge >= 0.3 is 0 Å². The van der Waals surface area contributed by atoms with E-state index >= 15 is 0 Å². The summed E-state index contributed by atoms with van der Waals surface area (Å²) in [4.78, 5) is 0. The van der Waals surface area contributed by atoms with E-state index in [0.29, 0.717) is 6.04 Å². The lowest BCUT2D eigenvalue weighted by atomic mass is 10.0. The molecule has 0 spiro atoms. The Bertz CT molecular complexity index is 343. The molecule has 1 aliphatic heterocycles. The highest BCUT2D eigenvalue weighted by molar-refractivity contribution is 5.13. The van der Waals surface area contributed by atoms with Crippen LogP contribution in [-0.2, 0) is 13.0 Å². The Labute approximate surface area is 97.4 Å². The average molecular weight is 222 g/mol. The summed E-state index contributed by atoms with van der Waals surface area (Å²) >= 11 is 0. The van der Waals surface area contributed by atoms with E-state index in [2.05, 4.69) is 41.1 Å². The first-order chi connectivity index (χ1) is 7.68. The summed E-state index contributed by atoms with van der Waals surface area (Å²) in [5, 5.41) is 11.9. The van der Waals surface area contributed by atoms with Crippen molar-refractivity contribution in [2.45, 2.75) is 52.6 Å². The Kier molecular flexibility index (Phi) is 3.59. The maximum atomic E-state index is 4.30. The van der Waals surface area contributed by atoms with Crippen molar-refractivity contribution in [2.75, 3.05) is 6.54 Å². The lowest BCUT2D eigenvalue weighted by Crippen LogP contribution is -2.25. The Morgan fingerprint density at radius 1 is 1.31 bits per heavy atom. The van der Waals surface area contributed by atoms with Gasteiger partial charge in [0.1, 0.15) is 0 Å². The standard InChI is InChI=1S/C12H22N4/c1-9(2)4-5-10(3)16-12-6-7-13-8-11(12)14-15-16/h9-10,13H,4-8H2,1-3H3. The van der Waals surface area contributed by atoms with Gasteiger partial charge in [0.25, 0.3) is 0 Å². The molecule has 0 saturated carbocycles. The van der Waals surface area contributed by atoms with Crippen molar-refractivity contribution in [2.24, 2.45) is 5.92 Å². The Hall–Kier alpha value is -0.900. The molecule has 90 valence electrons. The summed E-state index contributed by atoms with van der Waals surface area (Å²) in [6, 6.07) is 0.483. The molecule has 0 bridgehead atoms. The largest absolute Gasteiger partial charge is 0.311 e. The summed E-state index contributed by atoms with van der Waals surface area (Å²) in [5.41, 5.74) is 2.48. The molecule has 1 aromatic heterocycles. The molecule has 0 aliphatic carbocycles. The molecule has 1 aromatic rings. The van der Waals surface area contributed by atoms with E-state index < -0.39 is 0 Å². The second-order valence-electron chi connectivity index (χ2n) is 5.17. The minimum absolute atomic E-state index is 0.483. The predicted molar refractivity (Wildman–Crippen MR) is 64.2 cm³/mol. The highest BCUT2D eigenvalue weighted by Gasteiger charge is 2.19. The lowest BCUT2D eigenvalue weighted by molar-refractivity contribution is 0.391. The maximum absolute atomic E-state index is 4.30. The van der Waals surface area contributed by atoms with Crippen molar-refractivity contribution < 1.29 is 0 Å². The van der Waals surface area contributed by atoms with Crippen LogP contribution in [0.5, 0.6) is 0 Å². The molecule has 0 fully saturated rings. The van der Waals surface area contributed by atoms with Gasteiger partial charge in [0.15, 0.2) is 0 Å². The van der Waals surface area contributed by atoms with Crippen molar-refractivity contribution in [1.82, 2.24) is 20.3 Å². The molecule has 1 N–H and O–H groups in total. The summed E-state index contributed by atoms with van der Waals surface area (Å²) in [6.45, 7) is 8.73. The van der Waals surface area contributed by atoms with Crippen molar-refractivity contribution in [3.63, 3.8) is 0 Å².